The van der Waals surface area contributed by atoms with Gasteiger partial charge in [0.2, 0.25) is 28.8 Å². The Hall–Kier alpha value is -0.412. The van der Waals surface area contributed by atoms with Gasteiger partial charge in [-0.25, -0.2) is 14.4 Å². The summed E-state index contributed by atoms with van der Waals surface area (Å²) in [6.45, 7) is 10.5. The summed E-state index contributed by atoms with van der Waals surface area (Å²) in [4.78, 5) is 57.3. The molecular weight excluding hydrogens is 1000 g/mol. The third-order valence-electron chi connectivity index (χ3n) is 1.67. The van der Waals surface area contributed by atoms with Crippen LogP contribution in [0.15, 0.2) is 8.83 Å². The normalized spacial score (nSPS) is 7.69. The van der Waals surface area contributed by atoms with Crippen molar-refractivity contribution in [3.63, 3.8) is 0 Å². The number of hydrogen-bond acceptors (Lipinski definition) is 13. The number of aromatic nitrogens is 4. The number of imide groups is 2. The summed E-state index contributed by atoms with van der Waals surface area (Å²) >= 11 is 23.7. The number of carbonyl (C=O) groups is 6. The maximum absolute atomic E-state index is 9.84. The SMILES string of the molecule is CC(=O)Cl.CC(=O)NC(N)=O.CC(=O)NC(N)=O.Cc1nnc(Cl)o1.I.NC(N)=O.O=P(Cl)(Cl)Cl.[CH2-]c1nnc(C)o1.[CH3-].[Y].[Y]. The first-order valence-electron chi connectivity index (χ1n) is 9.41. The standard InChI is InChI=1S/C4H5N2O.C3H3ClN2O.2C3H6N2O2.C2H3ClO.CH4N2O.CH3.Cl3OP.HI.2Y/c1-3-5-6-4(2)7-3;1-2-5-6-3(4)7-2;2*1-2(6)5-3(4)7;1-2(3)4;2-1(3)4;;1-5(2,3)4;;;/h1H2,2H3;1H3;2*1H3,(H3,4,5,6,7);1H3;(H4,2,3,4);1H3;;1H;;/q-1;;;;;;-1;;;;. The zero-order valence-corrected chi connectivity index (χ0v) is 37.1. The van der Waals surface area contributed by atoms with E-state index in [1.165, 1.54) is 20.8 Å². The van der Waals surface area contributed by atoms with Crippen molar-refractivity contribution >= 4 is 121 Å². The topological polar surface area (TPSA) is 325 Å². The zero-order valence-electron chi connectivity index (χ0n) is 24.4. The summed E-state index contributed by atoms with van der Waals surface area (Å²) < 4.78 is 18.9. The summed E-state index contributed by atoms with van der Waals surface area (Å²) in [7, 11) is 0. The third kappa shape index (κ3) is 115. The van der Waals surface area contributed by atoms with Gasteiger partial charge in [-0.2, -0.15) is 0 Å². The molecule has 2 heterocycles. The minimum atomic E-state index is -3.22. The van der Waals surface area contributed by atoms with Gasteiger partial charge in [-0.3, -0.25) is 29.6 Å². The molecule has 2 aromatic rings. The molecule has 2 aromatic heterocycles. The van der Waals surface area contributed by atoms with Crippen LogP contribution in [0, 0.1) is 28.2 Å². The fraction of sp³-hybridized carbons (Fsp3) is 0.294. The minimum absolute atomic E-state index is 0. The molecule has 0 saturated carbocycles. The van der Waals surface area contributed by atoms with Crippen LogP contribution < -0.4 is 33.6 Å². The second-order valence-electron chi connectivity index (χ2n) is 5.65. The molecule has 0 unspecified atom stereocenters. The molecule has 0 aromatic carbocycles. The van der Waals surface area contributed by atoms with Crippen LogP contribution in [0.25, 0.3) is 0 Å². The molecule has 0 saturated heterocycles. The van der Waals surface area contributed by atoms with Crippen LogP contribution in [0.1, 0.15) is 38.4 Å². The Morgan fingerprint density at radius 3 is 1.04 bits per heavy atom. The number of rotatable bonds is 0. The molecule has 19 nitrogen and oxygen atoms in total. The largest absolute Gasteiger partial charge is 0.456 e. The quantitative estimate of drug-likeness (QED) is 0.0951. The monoisotopic (exact) mass is 1030 g/mol. The molecule has 0 spiro atoms. The van der Waals surface area contributed by atoms with Crippen molar-refractivity contribution in [3.05, 3.63) is 37.4 Å². The van der Waals surface area contributed by atoms with E-state index in [9.17, 15) is 28.5 Å². The summed E-state index contributed by atoms with van der Waals surface area (Å²) in [6.07, 6.45) is 0. The van der Waals surface area contributed by atoms with Crippen molar-refractivity contribution in [2.75, 3.05) is 0 Å². The molecule has 0 fully saturated rings. The van der Waals surface area contributed by atoms with Gasteiger partial charge in [0.05, 0.1) is 5.89 Å². The Labute approximate surface area is 350 Å². The van der Waals surface area contributed by atoms with Crippen molar-refractivity contribution in [1.82, 2.24) is 31.0 Å². The van der Waals surface area contributed by atoms with E-state index >= 15 is 0 Å². The molecule has 0 aliphatic heterocycles. The van der Waals surface area contributed by atoms with E-state index in [4.69, 9.17) is 20.8 Å². The van der Waals surface area contributed by atoms with E-state index in [1.807, 2.05) is 0 Å². The van der Waals surface area contributed by atoms with Crippen molar-refractivity contribution in [2.24, 2.45) is 22.9 Å². The van der Waals surface area contributed by atoms with Crippen LogP contribution in [-0.2, 0) is 84.4 Å². The van der Waals surface area contributed by atoms with Crippen LogP contribution in [0.4, 0.5) is 14.4 Å². The van der Waals surface area contributed by atoms with E-state index in [2.05, 4.69) is 100.0 Å². The molecular formula is C17H31Cl5IN10O9PY2-2. The first-order chi connectivity index (χ1) is 18.3. The minimum Gasteiger partial charge on any atom is -0.456 e. The van der Waals surface area contributed by atoms with Crippen LogP contribution in [-0.4, -0.2) is 55.5 Å². The molecule has 0 aliphatic carbocycles. The maximum Gasteiger partial charge on any atom is 0.339 e. The predicted octanol–water partition coefficient (Wildman–Crippen LogP) is 3.66. The average molecular weight is 1030 g/mol. The van der Waals surface area contributed by atoms with E-state index in [-0.39, 0.29) is 107 Å². The van der Waals surface area contributed by atoms with Crippen molar-refractivity contribution in [1.29, 1.82) is 0 Å². The molecule has 8 amide bonds. The van der Waals surface area contributed by atoms with Gasteiger partial charge in [0, 0.05) is 100 Å². The number of amides is 8. The third-order valence-corrected chi connectivity index (χ3v) is 1.82. The Morgan fingerprint density at radius 2 is 1.00 bits per heavy atom. The number of primary amides is 4. The van der Waals surface area contributed by atoms with Crippen LogP contribution in [0.2, 0.25) is 5.35 Å². The van der Waals surface area contributed by atoms with Gasteiger partial charge in [-0.05, 0) is 56.9 Å². The van der Waals surface area contributed by atoms with Crippen LogP contribution >= 0.6 is 86.1 Å². The zero-order chi connectivity index (χ0) is 33.9. The molecule has 2 rings (SSSR count). The van der Waals surface area contributed by atoms with Crippen LogP contribution in [0.3, 0.4) is 0 Å². The van der Waals surface area contributed by atoms with E-state index in [1.54, 1.807) is 24.5 Å². The Balaban J connectivity index is -0.0000000479. The fourth-order valence-corrected chi connectivity index (χ4v) is 1.11. The Bertz CT molecular complexity index is 998. The number of carbonyl (C=O) groups excluding carboxylic acids is 6. The first-order valence-corrected chi connectivity index (χ1v) is 14.6. The van der Waals surface area contributed by atoms with E-state index < -0.39 is 35.1 Å². The summed E-state index contributed by atoms with van der Waals surface area (Å²) in [6, 6.07) is -2.46. The molecule has 258 valence electrons. The summed E-state index contributed by atoms with van der Waals surface area (Å²) in [5.41, 5.74) is 17.5. The second-order valence-corrected chi connectivity index (χ2v) is 13.1. The van der Waals surface area contributed by atoms with Gasteiger partial charge >= 0.3 is 28.6 Å². The number of urea groups is 3. The summed E-state index contributed by atoms with van der Waals surface area (Å²) in [5, 5.41) is 14.0. The smallest absolute Gasteiger partial charge is 0.339 e. The van der Waals surface area contributed by atoms with E-state index in [0.29, 0.717) is 17.7 Å². The van der Waals surface area contributed by atoms with Gasteiger partial charge in [-0.1, -0.05) is 5.10 Å². The average Bonchev–Trinajstić information content (AvgIpc) is 3.24. The predicted molar refractivity (Wildman–Crippen MR) is 172 cm³/mol. The first kappa shape index (κ1) is 66.9. The Morgan fingerprint density at radius 1 is 0.756 bits per heavy atom. The summed E-state index contributed by atoms with van der Waals surface area (Å²) in [5.74, 6) is 0.549. The second kappa shape index (κ2) is 41.6. The number of nitrogens with one attached hydrogen (secondary N) is 2. The van der Waals surface area contributed by atoms with Gasteiger partial charge in [0.1, 0.15) is 0 Å². The van der Waals surface area contributed by atoms with E-state index in [0.717, 1.165) is 0 Å². The molecule has 0 bridgehead atoms. The van der Waals surface area contributed by atoms with Gasteiger partial charge in [-0.15, -0.1) is 39.3 Å². The van der Waals surface area contributed by atoms with Crippen LogP contribution in [0.5, 0.6) is 0 Å². The number of nitrogens with two attached hydrogens (primary N) is 4. The number of nitrogens with zero attached hydrogens (tertiary/aromatic N) is 4. The van der Waals surface area contributed by atoms with Gasteiger partial charge in [0.15, 0.2) is 0 Å². The molecule has 45 heavy (non-hydrogen) atoms. The molecule has 0 aliphatic rings. The Kier molecular flexibility index (Phi) is 61.8. The molecule has 28 heteroatoms. The molecule has 10 N–H and O–H groups in total. The van der Waals surface area contributed by atoms with Crippen molar-refractivity contribution in [2.45, 2.75) is 34.6 Å². The molecule has 2 radical (unpaired) electrons. The maximum atomic E-state index is 9.84. The van der Waals surface area contributed by atoms with Crippen molar-refractivity contribution < 1.29 is 108 Å². The number of aryl methyl sites for hydroxylation is 2. The number of hydrogen-bond donors (Lipinski definition) is 6. The van der Waals surface area contributed by atoms with Crippen molar-refractivity contribution in [3.8, 4) is 0 Å². The van der Waals surface area contributed by atoms with Gasteiger partial charge < -0.3 is 46.1 Å². The fourth-order valence-electron chi connectivity index (χ4n) is 0.957. The number of halogens is 6. The molecule has 0 atom stereocenters. The van der Waals surface area contributed by atoms with Gasteiger partial charge in [0.25, 0.3) is 0 Å².